The second-order valence-electron chi connectivity index (χ2n) is 6.89. The molecule has 1 atom stereocenters. The monoisotopic (exact) mass is 382 g/mol. The van der Waals surface area contributed by atoms with Gasteiger partial charge in [0.1, 0.15) is 5.82 Å². The maximum absolute atomic E-state index is 14.0. The molecule has 144 valence electrons. The van der Waals surface area contributed by atoms with Crippen LogP contribution in [0.1, 0.15) is 13.3 Å². The first-order valence-corrected chi connectivity index (χ1v) is 11.0. The van der Waals surface area contributed by atoms with E-state index in [2.05, 4.69) is 20.1 Å². The van der Waals surface area contributed by atoms with Crippen molar-refractivity contribution in [3.8, 4) is 0 Å². The summed E-state index contributed by atoms with van der Waals surface area (Å²) in [7, 11) is -2.87. The highest BCUT2D eigenvalue weighted by atomic mass is 32.2. The molecule has 0 spiro atoms. The molecule has 2 saturated heterocycles. The highest BCUT2D eigenvalue weighted by Gasteiger charge is 2.28. The van der Waals surface area contributed by atoms with Crippen molar-refractivity contribution in [3.05, 3.63) is 30.1 Å². The van der Waals surface area contributed by atoms with Gasteiger partial charge in [0.25, 0.3) is 0 Å². The number of piperazine rings is 1. The zero-order chi connectivity index (χ0) is 18.6. The van der Waals surface area contributed by atoms with E-state index >= 15 is 0 Å². The second kappa shape index (κ2) is 8.24. The van der Waals surface area contributed by atoms with E-state index in [1.54, 1.807) is 6.07 Å². The summed E-state index contributed by atoms with van der Waals surface area (Å²) in [4.78, 5) is 8.90. The zero-order valence-electron chi connectivity index (χ0n) is 15.2. The fraction of sp³-hybridized carbons (Fsp3) is 0.611. The summed E-state index contributed by atoms with van der Waals surface area (Å²) in [6, 6.07) is 6.86. The number of halogens is 1. The predicted octanol–water partition coefficient (Wildman–Crippen LogP) is 1.35. The van der Waals surface area contributed by atoms with E-state index in [1.807, 2.05) is 19.1 Å². The van der Waals surface area contributed by atoms with Gasteiger partial charge in [-0.3, -0.25) is 4.99 Å². The Morgan fingerprint density at radius 1 is 1.27 bits per heavy atom. The first-order valence-electron chi connectivity index (χ1n) is 9.21. The normalized spacial score (nSPS) is 23.3. The lowest BCUT2D eigenvalue weighted by Gasteiger charge is -2.37. The summed E-state index contributed by atoms with van der Waals surface area (Å²) in [5.41, 5.74) is 0.644. The Labute approximate surface area is 155 Å². The SMILES string of the molecule is CCNC(=NCC1CCS(=O)(=O)C1)N1CCN(c2ccccc2F)CC1. The molecule has 0 saturated carbocycles. The molecule has 0 aromatic heterocycles. The number of rotatable bonds is 4. The Bertz CT molecular complexity index is 745. The van der Waals surface area contributed by atoms with E-state index in [0.717, 1.165) is 38.7 Å². The van der Waals surface area contributed by atoms with Crippen molar-refractivity contribution in [1.29, 1.82) is 0 Å². The lowest BCUT2D eigenvalue weighted by Crippen LogP contribution is -2.52. The number of sulfone groups is 1. The number of guanidine groups is 1. The molecular weight excluding hydrogens is 355 g/mol. The Hall–Kier alpha value is -1.83. The maximum Gasteiger partial charge on any atom is 0.194 e. The predicted molar refractivity (Wildman–Crippen MR) is 103 cm³/mol. The molecule has 8 heteroatoms. The lowest BCUT2D eigenvalue weighted by atomic mass is 10.1. The van der Waals surface area contributed by atoms with Gasteiger partial charge in [-0.25, -0.2) is 12.8 Å². The van der Waals surface area contributed by atoms with Crippen LogP contribution in [0.25, 0.3) is 0 Å². The van der Waals surface area contributed by atoms with Gasteiger partial charge in [0.15, 0.2) is 15.8 Å². The Kier molecular flexibility index (Phi) is 6.01. The van der Waals surface area contributed by atoms with Crippen LogP contribution in [0.2, 0.25) is 0 Å². The van der Waals surface area contributed by atoms with E-state index in [1.165, 1.54) is 6.07 Å². The number of nitrogens with zero attached hydrogens (tertiary/aromatic N) is 3. The first kappa shape index (κ1) is 18.9. The first-order chi connectivity index (χ1) is 12.5. The van der Waals surface area contributed by atoms with Crippen LogP contribution in [0, 0.1) is 11.7 Å². The van der Waals surface area contributed by atoms with Crippen LogP contribution in [0.3, 0.4) is 0 Å². The van der Waals surface area contributed by atoms with Gasteiger partial charge < -0.3 is 15.1 Å². The minimum absolute atomic E-state index is 0.119. The van der Waals surface area contributed by atoms with Crippen LogP contribution in [0.15, 0.2) is 29.3 Å². The van der Waals surface area contributed by atoms with Crippen molar-refractivity contribution in [2.24, 2.45) is 10.9 Å². The largest absolute Gasteiger partial charge is 0.366 e. The van der Waals surface area contributed by atoms with Crippen LogP contribution in [0.5, 0.6) is 0 Å². The average molecular weight is 383 g/mol. The Morgan fingerprint density at radius 3 is 2.62 bits per heavy atom. The Balaban J connectivity index is 1.59. The van der Waals surface area contributed by atoms with Gasteiger partial charge in [0.2, 0.25) is 0 Å². The number of aliphatic imine (C=N–C) groups is 1. The van der Waals surface area contributed by atoms with E-state index in [-0.39, 0.29) is 23.2 Å². The van der Waals surface area contributed by atoms with E-state index in [4.69, 9.17) is 0 Å². The van der Waals surface area contributed by atoms with E-state index < -0.39 is 9.84 Å². The fourth-order valence-electron chi connectivity index (χ4n) is 3.52. The molecule has 26 heavy (non-hydrogen) atoms. The number of hydrogen-bond acceptors (Lipinski definition) is 4. The van der Waals surface area contributed by atoms with Crippen LogP contribution >= 0.6 is 0 Å². The van der Waals surface area contributed by atoms with Gasteiger partial charge in [0.05, 0.1) is 17.2 Å². The summed E-state index contributed by atoms with van der Waals surface area (Å²) in [5.74, 6) is 1.28. The van der Waals surface area contributed by atoms with Crippen molar-refractivity contribution in [3.63, 3.8) is 0 Å². The highest BCUT2D eigenvalue weighted by molar-refractivity contribution is 7.91. The molecule has 1 N–H and O–H groups in total. The van der Waals surface area contributed by atoms with Gasteiger partial charge in [-0.1, -0.05) is 12.1 Å². The minimum Gasteiger partial charge on any atom is -0.366 e. The van der Waals surface area contributed by atoms with Crippen molar-refractivity contribution >= 4 is 21.5 Å². The minimum atomic E-state index is -2.87. The molecule has 2 aliphatic heterocycles. The van der Waals surface area contributed by atoms with Crippen LogP contribution in [-0.4, -0.2) is 70.1 Å². The van der Waals surface area contributed by atoms with Gasteiger partial charge in [-0.05, 0) is 31.4 Å². The molecule has 2 aliphatic rings. The summed E-state index contributed by atoms with van der Waals surface area (Å²) in [5, 5.41) is 3.30. The summed E-state index contributed by atoms with van der Waals surface area (Å²) >= 11 is 0. The van der Waals surface area contributed by atoms with Gasteiger partial charge in [-0.2, -0.15) is 0 Å². The summed E-state index contributed by atoms with van der Waals surface area (Å²) < 4.78 is 37.2. The summed E-state index contributed by atoms with van der Waals surface area (Å²) in [6.45, 7) is 6.27. The molecule has 6 nitrogen and oxygen atoms in total. The summed E-state index contributed by atoms with van der Waals surface area (Å²) in [6.07, 6.45) is 0.701. The fourth-order valence-corrected chi connectivity index (χ4v) is 5.37. The van der Waals surface area contributed by atoms with Gasteiger partial charge >= 0.3 is 0 Å². The molecule has 1 unspecified atom stereocenters. The molecule has 0 radical (unpaired) electrons. The van der Waals surface area contributed by atoms with Gasteiger partial charge in [-0.15, -0.1) is 0 Å². The number of anilines is 1. The highest BCUT2D eigenvalue weighted by Crippen LogP contribution is 2.21. The standard InChI is InChI=1S/C18H27FN4O2S/c1-2-20-18(21-13-15-7-12-26(24,25)14-15)23-10-8-22(9-11-23)17-6-4-3-5-16(17)19/h3-6,15H,2,7-14H2,1H3,(H,20,21). The molecule has 2 fully saturated rings. The average Bonchev–Trinajstić information content (AvgIpc) is 2.98. The Morgan fingerprint density at radius 2 is 2.00 bits per heavy atom. The number of benzene rings is 1. The number of hydrogen-bond donors (Lipinski definition) is 1. The van der Waals surface area contributed by atoms with Crippen molar-refractivity contribution in [1.82, 2.24) is 10.2 Å². The third-order valence-corrected chi connectivity index (χ3v) is 6.77. The van der Waals surface area contributed by atoms with Crippen LogP contribution < -0.4 is 10.2 Å². The van der Waals surface area contributed by atoms with Crippen LogP contribution in [-0.2, 0) is 9.84 Å². The van der Waals surface area contributed by atoms with Crippen molar-refractivity contribution < 1.29 is 12.8 Å². The van der Waals surface area contributed by atoms with Crippen LogP contribution in [0.4, 0.5) is 10.1 Å². The van der Waals surface area contributed by atoms with Crippen molar-refractivity contribution in [2.45, 2.75) is 13.3 Å². The smallest absolute Gasteiger partial charge is 0.194 e. The lowest BCUT2D eigenvalue weighted by molar-refractivity contribution is 0.369. The maximum atomic E-state index is 14.0. The zero-order valence-corrected chi connectivity index (χ0v) is 16.0. The number of para-hydroxylation sites is 1. The third kappa shape index (κ3) is 4.66. The molecule has 2 heterocycles. The quantitative estimate of drug-likeness (QED) is 0.629. The van der Waals surface area contributed by atoms with E-state index in [9.17, 15) is 12.8 Å². The molecule has 3 rings (SSSR count). The molecule has 1 aromatic carbocycles. The van der Waals surface area contributed by atoms with E-state index in [0.29, 0.717) is 18.7 Å². The number of nitrogens with one attached hydrogen (secondary N) is 1. The molecule has 0 amide bonds. The molecule has 1 aromatic rings. The van der Waals surface area contributed by atoms with Crippen molar-refractivity contribution in [2.75, 3.05) is 55.7 Å². The van der Waals surface area contributed by atoms with Gasteiger partial charge in [0, 0.05) is 39.3 Å². The molecular formula is C18H27FN4O2S. The molecule has 0 aliphatic carbocycles. The third-order valence-electron chi connectivity index (χ3n) is 4.93. The molecule has 0 bridgehead atoms. The topological polar surface area (TPSA) is 65.0 Å². The second-order valence-corrected chi connectivity index (χ2v) is 9.12.